The highest BCUT2D eigenvalue weighted by molar-refractivity contribution is 6.17. The van der Waals surface area contributed by atoms with E-state index in [1.807, 2.05) is 0 Å². The Morgan fingerprint density at radius 1 is 1.07 bits per heavy atom. The summed E-state index contributed by atoms with van der Waals surface area (Å²) in [5, 5.41) is 0. The summed E-state index contributed by atoms with van der Waals surface area (Å²) in [5.74, 6) is -2.95. The quantitative estimate of drug-likeness (QED) is 0.621. The summed E-state index contributed by atoms with van der Waals surface area (Å²) in [7, 11) is 1.51. The van der Waals surface area contributed by atoms with Crippen molar-refractivity contribution in [1.29, 1.82) is 0 Å². The molecule has 6 heteroatoms. The van der Waals surface area contributed by atoms with Crippen LogP contribution < -0.4 is 0 Å². The topological polar surface area (TPSA) is 29.4 Å². The molecule has 0 aliphatic heterocycles. The van der Waals surface area contributed by atoms with Crippen LogP contribution in [-0.2, 0) is 11.0 Å². The Balaban J connectivity index is 1.73. The van der Waals surface area contributed by atoms with Crippen LogP contribution in [0.1, 0.15) is 40.5 Å². The fourth-order valence-corrected chi connectivity index (χ4v) is 4.30. The van der Waals surface area contributed by atoms with Crippen LogP contribution in [0, 0.1) is 5.92 Å². The smallest absolute Gasteiger partial charge is 0.298 e. The number of alkyl halides is 3. The predicted molar refractivity (Wildman–Crippen MR) is 98.9 cm³/mol. The van der Waals surface area contributed by atoms with Crippen molar-refractivity contribution in [2.24, 2.45) is 10.9 Å². The minimum absolute atomic E-state index is 0.233. The summed E-state index contributed by atoms with van der Waals surface area (Å²) in [6.45, 7) is 0. The average Bonchev–Trinajstić information content (AvgIpc) is 3.16. The first-order chi connectivity index (χ1) is 13.3. The van der Waals surface area contributed by atoms with Crippen LogP contribution in [0.15, 0.2) is 59.4 Å². The molecule has 0 radical (unpaired) electrons. The number of ketones is 1. The molecule has 0 heterocycles. The maximum absolute atomic E-state index is 14.7. The number of benzene rings is 2. The molecule has 0 N–H and O–H groups in total. The minimum Gasteiger partial charge on any atom is -0.298 e. The maximum atomic E-state index is 14.7. The number of carbonyl (C=O) groups excluding carboxylic acids is 1. The molecule has 3 atom stereocenters. The number of aliphatic imine (C=N–C) groups is 1. The molecular weight excluding hydrogens is 370 g/mol. The lowest BCUT2D eigenvalue weighted by Gasteiger charge is -2.19. The lowest BCUT2D eigenvalue weighted by Crippen LogP contribution is -2.20. The SMILES string of the molecule is CN=C1CC(C2C(F)=Cc3ccccc32)C(=O)C1c1cccc(C(F)(F)F)c1. The summed E-state index contributed by atoms with van der Waals surface area (Å²) in [5.41, 5.74) is 1.40. The fourth-order valence-electron chi connectivity index (χ4n) is 4.30. The van der Waals surface area contributed by atoms with Gasteiger partial charge in [0.15, 0.2) is 0 Å². The average molecular weight is 387 g/mol. The largest absolute Gasteiger partial charge is 0.416 e. The molecule has 0 spiro atoms. The van der Waals surface area contributed by atoms with Gasteiger partial charge in [0.25, 0.3) is 0 Å². The normalized spacial score (nSPS) is 25.9. The van der Waals surface area contributed by atoms with Gasteiger partial charge in [0.05, 0.1) is 11.5 Å². The zero-order valence-electron chi connectivity index (χ0n) is 15.0. The molecule has 1 saturated carbocycles. The third-order valence-electron chi connectivity index (χ3n) is 5.57. The van der Waals surface area contributed by atoms with Gasteiger partial charge in [0.1, 0.15) is 11.6 Å². The summed E-state index contributed by atoms with van der Waals surface area (Å²) in [6.07, 6.45) is -2.84. The van der Waals surface area contributed by atoms with Gasteiger partial charge in [-0.2, -0.15) is 13.2 Å². The van der Waals surface area contributed by atoms with Crippen molar-refractivity contribution in [3.63, 3.8) is 0 Å². The Kier molecular flexibility index (Phi) is 4.44. The molecule has 0 bridgehead atoms. The zero-order chi connectivity index (χ0) is 20.1. The first-order valence-corrected chi connectivity index (χ1v) is 8.93. The number of halogens is 4. The summed E-state index contributed by atoms with van der Waals surface area (Å²) < 4.78 is 54.0. The van der Waals surface area contributed by atoms with E-state index in [9.17, 15) is 22.4 Å². The number of fused-ring (bicyclic) bond motifs is 1. The molecule has 1 fully saturated rings. The van der Waals surface area contributed by atoms with E-state index in [-0.39, 0.29) is 23.6 Å². The number of hydrogen-bond acceptors (Lipinski definition) is 2. The molecular formula is C22H17F4NO. The van der Waals surface area contributed by atoms with Crippen LogP contribution in [0.5, 0.6) is 0 Å². The lowest BCUT2D eigenvalue weighted by molar-refractivity contribution is -0.137. The minimum atomic E-state index is -4.50. The van der Waals surface area contributed by atoms with Gasteiger partial charge in [-0.1, -0.05) is 42.5 Å². The van der Waals surface area contributed by atoms with Crippen LogP contribution in [-0.4, -0.2) is 18.5 Å². The van der Waals surface area contributed by atoms with Gasteiger partial charge in [-0.3, -0.25) is 9.79 Å². The Morgan fingerprint density at radius 3 is 2.54 bits per heavy atom. The molecule has 2 aliphatic carbocycles. The monoisotopic (exact) mass is 387 g/mol. The third-order valence-corrected chi connectivity index (χ3v) is 5.57. The van der Waals surface area contributed by atoms with Gasteiger partial charge >= 0.3 is 6.18 Å². The van der Waals surface area contributed by atoms with Crippen molar-refractivity contribution in [2.75, 3.05) is 7.05 Å². The Hall–Kier alpha value is -2.76. The van der Waals surface area contributed by atoms with E-state index in [1.54, 1.807) is 24.3 Å². The molecule has 0 saturated heterocycles. The fraction of sp³-hybridized carbons (Fsp3) is 0.273. The highest BCUT2D eigenvalue weighted by atomic mass is 19.4. The van der Waals surface area contributed by atoms with Crippen molar-refractivity contribution in [3.8, 4) is 0 Å². The molecule has 4 rings (SSSR count). The van der Waals surface area contributed by atoms with Gasteiger partial charge in [-0.15, -0.1) is 0 Å². The van der Waals surface area contributed by atoms with Gasteiger partial charge < -0.3 is 0 Å². The van der Waals surface area contributed by atoms with Crippen molar-refractivity contribution in [1.82, 2.24) is 0 Å². The van der Waals surface area contributed by atoms with Gasteiger partial charge in [0.2, 0.25) is 0 Å². The summed E-state index contributed by atoms with van der Waals surface area (Å²) >= 11 is 0. The molecule has 2 aliphatic rings. The lowest BCUT2D eigenvalue weighted by atomic mass is 9.83. The van der Waals surface area contributed by atoms with Crippen molar-refractivity contribution < 1.29 is 22.4 Å². The molecule has 2 aromatic carbocycles. The molecule has 144 valence electrons. The first kappa shape index (κ1) is 18.6. The number of hydrogen-bond donors (Lipinski definition) is 0. The standard InChI is InChI=1S/C22H17F4NO/c1-27-18-11-16(20-15-8-3-2-5-12(15)10-17(20)23)21(28)19(18)13-6-4-7-14(9-13)22(24,25)26/h2-10,16,19-20H,11H2,1H3. The van der Waals surface area contributed by atoms with Gasteiger partial charge in [0, 0.05) is 24.6 Å². The number of rotatable bonds is 2. The summed E-state index contributed by atoms with van der Waals surface area (Å²) in [6, 6.07) is 11.9. The second-order valence-corrected chi connectivity index (χ2v) is 7.12. The van der Waals surface area contributed by atoms with Crippen LogP contribution >= 0.6 is 0 Å². The van der Waals surface area contributed by atoms with Crippen LogP contribution in [0.3, 0.4) is 0 Å². The first-order valence-electron chi connectivity index (χ1n) is 8.93. The molecule has 0 aromatic heterocycles. The molecule has 2 nitrogen and oxygen atoms in total. The Bertz CT molecular complexity index is 1010. The van der Waals surface area contributed by atoms with Gasteiger partial charge in [-0.05, 0) is 35.3 Å². The van der Waals surface area contributed by atoms with Crippen molar-refractivity contribution in [2.45, 2.75) is 24.4 Å². The van der Waals surface area contributed by atoms with Crippen LogP contribution in [0.4, 0.5) is 17.6 Å². The maximum Gasteiger partial charge on any atom is 0.416 e. The Labute approximate surface area is 159 Å². The van der Waals surface area contributed by atoms with Crippen molar-refractivity contribution in [3.05, 3.63) is 76.6 Å². The second-order valence-electron chi connectivity index (χ2n) is 7.12. The summed E-state index contributed by atoms with van der Waals surface area (Å²) in [4.78, 5) is 17.4. The van der Waals surface area contributed by atoms with E-state index in [0.29, 0.717) is 5.71 Å². The van der Waals surface area contributed by atoms with E-state index in [4.69, 9.17) is 0 Å². The molecule has 0 amide bonds. The van der Waals surface area contributed by atoms with E-state index in [1.165, 1.54) is 25.3 Å². The highest BCUT2D eigenvalue weighted by Crippen LogP contribution is 2.48. The molecule has 3 unspecified atom stereocenters. The van der Waals surface area contributed by atoms with E-state index >= 15 is 0 Å². The van der Waals surface area contributed by atoms with E-state index < -0.39 is 29.5 Å². The number of carbonyl (C=O) groups is 1. The van der Waals surface area contributed by atoms with Crippen LogP contribution in [0.25, 0.3) is 6.08 Å². The third kappa shape index (κ3) is 2.97. The van der Waals surface area contributed by atoms with E-state index in [0.717, 1.165) is 23.3 Å². The number of allylic oxidation sites excluding steroid dienone is 1. The second kappa shape index (κ2) is 6.69. The van der Waals surface area contributed by atoms with Crippen molar-refractivity contribution >= 4 is 17.6 Å². The molecule has 2 aromatic rings. The molecule has 28 heavy (non-hydrogen) atoms. The number of Topliss-reactive ketones (excluding diaryl/α,β-unsaturated/α-hetero) is 1. The van der Waals surface area contributed by atoms with Crippen LogP contribution in [0.2, 0.25) is 0 Å². The van der Waals surface area contributed by atoms with Gasteiger partial charge in [-0.25, -0.2) is 4.39 Å². The highest BCUT2D eigenvalue weighted by Gasteiger charge is 2.47. The predicted octanol–water partition coefficient (Wildman–Crippen LogP) is 5.56. The Morgan fingerprint density at radius 2 is 1.82 bits per heavy atom. The number of nitrogens with zero attached hydrogens (tertiary/aromatic N) is 1. The zero-order valence-corrected chi connectivity index (χ0v) is 15.0. The van der Waals surface area contributed by atoms with E-state index in [2.05, 4.69) is 4.99 Å².